The van der Waals surface area contributed by atoms with Gasteiger partial charge >= 0.3 is 0 Å². The van der Waals surface area contributed by atoms with Crippen LogP contribution in [0.4, 0.5) is 0 Å². The first-order valence-corrected chi connectivity index (χ1v) is 18.4. The van der Waals surface area contributed by atoms with Gasteiger partial charge in [-0.3, -0.25) is 28.9 Å². The van der Waals surface area contributed by atoms with Crippen LogP contribution in [-0.2, 0) is 39.9 Å². The maximum absolute atomic E-state index is 14.1. The first-order valence-electron chi connectivity index (χ1n) is 18.4. The molecule has 1 fully saturated rings. The second-order valence-electron chi connectivity index (χ2n) is 14.6. The summed E-state index contributed by atoms with van der Waals surface area (Å²) in [7, 11) is 8.06. The Balaban J connectivity index is 2.26. The summed E-state index contributed by atoms with van der Waals surface area (Å²) >= 11 is 0. The first kappa shape index (κ1) is 44.6. The molecular formula is C38H64N6O8. The molecule has 5 amide bonds. The van der Waals surface area contributed by atoms with Gasteiger partial charge in [0.05, 0.1) is 43.2 Å². The zero-order valence-corrected chi connectivity index (χ0v) is 32.8. The van der Waals surface area contributed by atoms with Crippen LogP contribution in [0.15, 0.2) is 30.3 Å². The van der Waals surface area contributed by atoms with Crippen LogP contribution in [-0.4, -0.2) is 140 Å². The minimum Gasteiger partial charge on any atom is -0.394 e. The molecule has 0 bridgehead atoms. The molecule has 9 atom stereocenters. The lowest BCUT2D eigenvalue weighted by Crippen LogP contribution is -2.59. The molecule has 1 aliphatic rings. The molecule has 14 heteroatoms. The van der Waals surface area contributed by atoms with Crippen molar-refractivity contribution < 1.29 is 38.6 Å². The molecule has 1 saturated heterocycles. The number of hydrogen-bond acceptors (Lipinski definition) is 9. The summed E-state index contributed by atoms with van der Waals surface area (Å²) in [6.07, 6.45) is 0.916. The molecule has 1 heterocycles. The number of nitrogens with zero attached hydrogens (tertiary/aromatic N) is 3. The minimum atomic E-state index is -0.913. The summed E-state index contributed by atoms with van der Waals surface area (Å²) in [5.74, 6) is -3.05. The van der Waals surface area contributed by atoms with Gasteiger partial charge in [-0.2, -0.15) is 0 Å². The lowest BCUT2D eigenvalue weighted by molar-refractivity contribution is -0.148. The number of ether oxygens (including phenoxy) is 2. The van der Waals surface area contributed by atoms with Gasteiger partial charge in [-0.25, -0.2) is 0 Å². The van der Waals surface area contributed by atoms with E-state index in [1.807, 2.05) is 58.0 Å². The van der Waals surface area contributed by atoms with Gasteiger partial charge in [0, 0.05) is 34.2 Å². The molecule has 1 aliphatic heterocycles. The molecule has 0 saturated carbocycles. The Morgan fingerprint density at radius 3 is 2.12 bits per heavy atom. The molecule has 52 heavy (non-hydrogen) atoms. The third kappa shape index (κ3) is 11.7. The molecule has 1 unspecified atom stereocenters. The molecule has 1 aromatic rings. The van der Waals surface area contributed by atoms with E-state index in [9.17, 15) is 29.1 Å². The fourth-order valence-corrected chi connectivity index (χ4v) is 7.14. The van der Waals surface area contributed by atoms with E-state index in [0.29, 0.717) is 25.8 Å². The summed E-state index contributed by atoms with van der Waals surface area (Å²) in [4.78, 5) is 71.9. The van der Waals surface area contributed by atoms with Gasteiger partial charge in [-0.1, -0.05) is 71.4 Å². The van der Waals surface area contributed by atoms with Crippen LogP contribution >= 0.6 is 0 Å². The normalized spacial score (nSPS) is 19.2. The van der Waals surface area contributed by atoms with E-state index in [2.05, 4.69) is 10.6 Å². The van der Waals surface area contributed by atoms with Crippen molar-refractivity contribution in [1.82, 2.24) is 25.3 Å². The minimum absolute atomic E-state index is 0.0244. The predicted octanol–water partition coefficient (Wildman–Crippen LogP) is 1.18. The number of likely N-dealkylation sites (tertiary alicyclic amines) is 1. The number of benzene rings is 1. The van der Waals surface area contributed by atoms with E-state index in [0.717, 1.165) is 5.56 Å². The van der Waals surface area contributed by atoms with E-state index in [4.69, 9.17) is 15.2 Å². The summed E-state index contributed by atoms with van der Waals surface area (Å²) in [5.41, 5.74) is 6.51. The maximum atomic E-state index is 14.1. The van der Waals surface area contributed by atoms with Gasteiger partial charge in [-0.05, 0) is 44.3 Å². The molecule has 294 valence electrons. The standard InChI is InChI=1S/C38H64N6O8/c1-11-24(4)33(43(8)38(50)32(23(2)3)41-37(49)29(22-45)42(6)7)30(51-9)21-31(46)44-19-15-18-28(44)34(52-10)25(5)36(48)40-27(35(39)47)20-26-16-13-12-14-17-26/h12-14,16-17,23-25,27-30,32-34,45H,11,15,18-22H2,1-10H3,(H2,39,47)(H,40,48)(H,41,49)/t24-,25+,27-,28-,29-,30+,32?,33-,34+/m0/s1. The third-order valence-corrected chi connectivity index (χ3v) is 10.5. The zero-order valence-electron chi connectivity index (χ0n) is 32.8. The number of nitrogens with two attached hydrogens (primary N) is 1. The number of amides is 5. The van der Waals surface area contributed by atoms with E-state index in [1.165, 1.54) is 14.2 Å². The highest BCUT2D eigenvalue weighted by Crippen LogP contribution is 2.29. The van der Waals surface area contributed by atoms with Crippen molar-refractivity contribution in [3.8, 4) is 0 Å². The number of carbonyl (C=O) groups is 5. The molecule has 2 rings (SSSR count). The monoisotopic (exact) mass is 732 g/mol. The molecule has 5 N–H and O–H groups in total. The van der Waals surface area contributed by atoms with Crippen LogP contribution in [0.1, 0.15) is 65.9 Å². The molecule has 0 radical (unpaired) electrons. The highest BCUT2D eigenvalue weighted by molar-refractivity contribution is 5.90. The number of nitrogens with one attached hydrogen (secondary N) is 2. The smallest absolute Gasteiger partial charge is 0.245 e. The lowest BCUT2D eigenvalue weighted by atomic mass is 9.89. The van der Waals surface area contributed by atoms with E-state index >= 15 is 0 Å². The zero-order chi connectivity index (χ0) is 39.3. The van der Waals surface area contributed by atoms with Crippen molar-refractivity contribution in [3.05, 3.63) is 35.9 Å². The number of methoxy groups -OCH3 is 2. The highest BCUT2D eigenvalue weighted by Gasteiger charge is 2.43. The molecule has 14 nitrogen and oxygen atoms in total. The Bertz CT molecular complexity index is 1310. The Labute approximate surface area is 310 Å². The lowest BCUT2D eigenvalue weighted by Gasteiger charge is -2.41. The number of carbonyl (C=O) groups excluding carboxylic acids is 5. The van der Waals surface area contributed by atoms with E-state index in [1.54, 1.807) is 42.8 Å². The average Bonchev–Trinajstić information content (AvgIpc) is 3.59. The van der Waals surface area contributed by atoms with Crippen LogP contribution < -0.4 is 16.4 Å². The quantitative estimate of drug-likeness (QED) is 0.144. The van der Waals surface area contributed by atoms with Gasteiger partial charge in [0.15, 0.2) is 0 Å². The van der Waals surface area contributed by atoms with Crippen LogP contribution in [0.3, 0.4) is 0 Å². The first-order chi connectivity index (χ1) is 24.5. The van der Waals surface area contributed by atoms with Crippen LogP contribution in [0, 0.1) is 17.8 Å². The van der Waals surface area contributed by atoms with E-state index < -0.39 is 72.7 Å². The summed E-state index contributed by atoms with van der Waals surface area (Å²) in [5, 5.41) is 15.4. The third-order valence-electron chi connectivity index (χ3n) is 10.5. The number of primary amides is 1. The number of aliphatic hydroxyl groups excluding tert-OH is 1. The van der Waals surface area contributed by atoms with Crippen LogP contribution in [0.2, 0.25) is 0 Å². The van der Waals surface area contributed by atoms with Crippen molar-refractivity contribution in [1.29, 1.82) is 0 Å². The SMILES string of the molecule is CC[C@H](C)[C@@H]([C@@H](CC(=O)N1CCC[C@H]1[C@H](OC)[C@@H](C)C(=O)N[C@@H](Cc1ccccc1)C(N)=O)OC)N(C)C(=O)C(NC(=O)[C@H](CO)N(C)C)C(C)C. The Hall–Kier alpha value is -3.59. The number of likely N-dealkylation sites (N-methyl/N-ethyl adjacent to an activating group) is 2. The number of hydrogen-bond donors (Lipinski definition) is 4. The van der Waals surface area contributed by atoms with Gasteiger partial charge < -0.3 is 40.7 Å². The fraction of sp³-hybridized carbons (Fsp3) is 0.711. The topological polar surface area (TPSA) is 184 Å². The molecular weight excluding hydrogens is 668 g/mol. The van der Waals surface area contributed by atoms with E-state index in [-0.39, 0.29) is 36.5 Å². The maximum Gasteiger partial charge on any atom is 0.245 e. The predicted molar refractivity (Wildman–Crippen MR) is 199 cm³/mol. The summed E-state index contributed by atoms with van der Waals surface area (Å²) in [6, 6.07) is 5.77. The van der Waals surface area contributed by atoms with Gasteiger partial charge in [0.1, 0.15) is 18.1 Å². The summed E-state index contributed by atoms with van der Waals surface area (Å²) < 4.78 is 11.8. The van der Waals surface area contributed by atoms with Crippen molar-refractivity contribution in [2.45, 2.75) is 109 Å². The average molecular weight is 733 g/mol. The van der Waals surface area contributed by atoms with Gasteiger partial charge in [0.25, 0.3) is 0 Å². The second kappa shape index (κ2) is 21.2. The number of rotatable bonds is 21. The summed E-state index contributed by atoms with van der Waals surface area (Å²) in [6.45, 7) is 9.47. The Morgan fingerprint density at radius 1 is 0.981 bits per heavy atom. The van der Waals surface area contributed by atoms with Crippen LogP contribution in [0.5, 0.6) is 0 Å². The number of aliphatic hydroxyl groups is 1. The Morgan fingerprint density at radius 2 is 1.62 bits per heavy atom. The van der Waals surface area contributed by atoms with Crippen molar-refractivity contribution in [2.24, 2.45) is 23.5 Å². The van der Waals surface area contributed by atoms with Gasteiger partial charge in [-0.15, -0.1) is 0 Å². The molecule has 0 aliphatic carbocycles. The molecule has 0 spiro atoms. The van der Waals surface area contributed by atoms with Crippen LogP contribution in [0.25, 0.3) is 0 Å². The van der Waals surface area contributed by atoms with Crippen molar-refractivity contribution in [3.63, 3.8) is 0 Å². The molecule has 1 aromatic carbocycles. The Kier molecular flexibility index (Phi) is 18.2. The largest absolute Gasteiger partial charge is 0.394 e. The molecule has 0 aromatic heterocycles. The fourth-order valence-electron chi connectivity index (χ4n) is 7.14. The van der Waals surface area contributed by atoms with Gasteiger partial charge in [0.2, 0.25) is 29.5 Å². The highest BCUT2D eigenvalue weighted by atomic mass is 16.5. The van der Waals surface area contributed by atoms with Crippen molar-refractivity contribution in [2.75, 3.05) is 48.5 Å². The van der Waals surface area contributed by atoms with Crippen molar-refractivity contribution >= 4 is 29.5 Å². The second-order valence-corrected chi connectivity index (χ2v) is 14.6.